The molecule has 0 bridgehead atoms. The van der Waals surface area contributed by atoms with Crippen LogP contribution in [0, 0.1) is 0 Å². The topological polar surface area (TPSA) is 21.3 Å². The molecule has 0 radical (unpaired) electrons. The van der Waals surface area contributed by atoms with Gasteiger partial charge in [-0.1, -0.05) is 30.1 Å². The Balaban J connectivity index is 2.03. The van der Waals surface area contributed by atoms with Crippen LogP contribution in [0.15, 0.2) is 12.7 Å². The molecule has 0 aliphatic carbocycles. The minimum atomic E-state index is 0.363. The lowest BCUT2D eigenvalue weighted by Crippen LogP contribution is -2.28. The van der Waals surface area contributed by atoms with Crippen molar-refractivity contribution in [3.8, 4) is 0 Å². The molecule has 1 N–H and O–H groups in total. The van der Waals surface area contributed by atoms with Gasteiger partial charge in [0, 0.05) is 18.9 Å². The lowest BCUT2D eigenvalue weighted by molar-refractivity contribution is 0.114. The number of thiocarbonyl (C=S) groups is 1. The summed E-state index contributed by atoms with van der Waals surface area (Å²) in [5, 5.41) is 3.18. The third-order valence-corrected chi connectivity index (χ3v) is 3.14. The predicted octanol–water partition coefficient (Wildman–Crippen LogP) is 1.96. The normalized spacial score (nSPS) is 21.4. The molecule has 1 fully saturated rings. The maximum Gasteiger partial charge on any atom is 0.134 e. The van der Waals surface area contributed by atoms with Gasteiger partial charge in [-0.3, -0.25) is 0 Å². The minimum Gasteiger partial charge on any atom is -0.376 e. The molecule has 1 saturated heterocycles. The molecule has 74 valence electrons. The van der Waals surface area contributed by atoms with Gasteiger partial charge in [0.1, 0.15) is 4.32 Å². The Hall–Kier alpha value is -0.0600. The van der Waals surface area contributed by atoms with Crippen molar-refractivity contribution in [2.24, 2.45) is 0 Å². The first-order chi connectivity index (χ1) is 6.33. The summed E-state index contributed by atoms with van der Waals surface area (Å²) in [5.74, 6) is 0.872. The number of hydrogen-bond donors (Lipinski definition) is 1. The highest BCUT2D eigenvalue weighted by molar-refractivity contribution is 8.23. The predicted molar refractivity (Wildman–Crippen MR) is 62.2 cm³/mol. The van der Waals surface area contributed by atoms with Crippen LogP contribution in [-0.4, -0.2) is 29.3 Å². The Labute approximate surface area is 89.1 Å². The summed E-state index contributed by atoms with van der Waals surface area (Å²) in [6.07, 6.45) is 4.55. The fourth-order valence-electron chi connectivity index (χ4n) is 1.19. The average molecular weight is 217 g/mol. The fraction of sp³-hybridized carbons (Fsp3) is 0.667. The molecule has 4 heteroatoms. The molecule has 13 heavy (non-hydrogen) atoms. The summed E-state index contributed by atoms with van der Waals surface area (Å²) >= 11 is 6.71. The third-order valence-electron chi connectivity index (χ3n) is 1.83. The van der Waals surface area contributed by atoms with E-state index in [2.05, 4.69) is 11.9 Å². The van der Waals surface area contributed by atoms with E-state index < -0.39 is 0 Å². The number of rotatable bonds is 4. The van der Waals surface area contributed by atoms with Crippen molar-refractivity contribution in [1.82, 2.24) is 5.32 Å². The van der Waals surface area contributed by atoms with E-state index in [9.17, 15) is 0 Å². The summed E-state index contributed by atoms with van der Waals surface area (Å²) in [6.45, 7) is 5.39. The highest BCUT2D eigenvalue weighted by Crippen LogP contribution is 2.11. The summed E-state index contributed by atoms with van der Waals surface area (Å²) in [6, 6.07) is 0. The van der Waals surface area contributed by atoms with Crippen LogP contribution in [-0.2, 0) is 4.74 Å². The number of thioether (sulfide) groups is 1. The van der Waals surface area contributed by atoms with Crippen LogP contribution < -0.4 is 5.32 Å². The lowest BCUT2D eigenvalue weighted by Gasteiger charge is -2.11. The van der Waals surface area contributed by atoms with Crippen LogP contribution in [0.2, 0.25) is 0 Å². The molecule has 0 spiro atoms. The zero-order valence-corrected chi connectivity index (χ0v) is 9.26. The second-order valence-corrected chi connectivity index (χ2v) is 4.60. The second kappa shape index (κ2) is 6.40. The highest BCUT2D eigenvalue weighted by atomic mass is 32.2. The van der Waals surface area contributed by atoms with Crippen molar-refractivity contribution in [2.75, 3.05) is 18.9 Å². The van der Waals surface area contributed by atoms with Crippen LogP contribution in [0.4, 0.5) is 0 Å². The highest BCUT2D eigenvalue weighted by Gasteiger charge is 2.14. The maximum atomic E-state index is 5.46. The van der Waals surface area contributed by atoms with Gasteiger partial charge in [-0.2, -0.15) is 0 Å². The zero-order valence-electron chi connectivity index (χ0n) is 7.62. The number of nitrogens with one attached hydrogen (secondary N) is 1. The molecule has 1 atom stereocenters. The SMILES string of the molecule is C=CCSC(=S)NCC1CCCO1. The molecule has 1 unspecified atom stereocenters. The largest absolute Gasteiger partial charge is 0.376 e. The Morgan fingerprint density at radius 3 is 3.23 bits per heavy atom. The summed E-state index contributed by atoms with van der Waals surface area (Å²) in [7, 11) is 0. The number of ether oxygens (including phenoxy) is 1. The zero-order chi connectivity index (χ0) is 9.52. The Morgan fingerprint density at radius 1 is 1.77 bits per heavy atom. The van der Waals surface area contributed by atoms with Gasteiger partial charge < -0.3 is 10.1 Å². The molecule has 1 rings (SSSR count). The van der Waals surface area contributed by atoms with Gasteiger partial charge in [0.25, 0.3) is 0 Å². The van der Waals surface area contributed by atoms with E-state index in [4.69, 9.17) is 17.0 Å². The van der Waals surface area contributed by atoms with Crippen molar-refractivity contribution in [1.29, 1.82) is 0 Å². The van der Waals surface area contributed by atoms with Gasteiger partial charge in [-0.05, 0) is 12.8 Å². The maximum absolute atomic E-state index is 5.46. The molecule has 1 aliphatic heterocycles. The van der Waals surface area contributed by atoms with Crippen LogP contribution in [0.3, 0.4) is 0 Å². The molecular weight excluding hydrogens is 202 g/mol. The lowest BCUT2D eigenvalue weighted by atomic mass is 10.2. The fourth-order valence-corrected chi connectivity index (χ4v) is 1.93. The van der Waals surface area contributed by atoms with Gasteiger partial charge in [0.2, 0.25) is 0 Å². The first-order valence-corrected chi connectivity index (χ1v) is 5.85. The van der Waals surface area contributed by atoms with E-state index >= 15 is 0 Å². The van der Waals surface area contributed by atoms with Gasteiger partial charge in [-0.25, -0.2) is 0 Å². The van der Waals surface area contributed by atoms with E-state index in [-0.39, 0.29) is 0 Å². The Morgan fingerprint density at radius 2 is 2.62 bits per heavy atom. The summed E-state index contributed by atoms with van der Waals surface area (Å²) in [4.78, 5) is 0. The molecule has 0 aromatic rings. The molecular formula is C9H15NOS2. The molecule has 2 nitrogen and oxygen atoms in total. The van der Waals surface area contributed by atoms with Crippen molar-refractivity contribution in [3.63, 3.8) is 0 Å². The van der Waals surface area contributed by atoms with E-state index in [1.165, 1.54) is 6.42 Å². The molecule has 0 aromatic carbocycles. The first kappa shape index (κ1) is 11.0. The molecule has 1 aliphatic rings. The van der Waals surface area contributed by atoms with Gasteiger partial charge >= 0.3 is 0 Å². The first-order valence-electron chi connectivity index (χ1n) is 4.46. The molecule has 1 heterocycles. The molecule has 0 aromatic heterocycles. The summed E-state index contributed by atoms with van der Waals surface area (Å²) in [5.41, 5.74) is 0. The van der Waals surface area contributed by atoms with E-state index in [0.29, 0.717) is 6.10 Å². The van der Waals surface area contributed by atoms with E-state index in [0.717, 1.165) is 29.6 Å². The smallest absolute Gasteiger partial charge is 0.134 e. The van der Waals surface area contributed by atoms with Crippen LogP contribution in [0.25, 0.3) is 0 Å². The standard InChI is InChI=1S/C9H15NOS2/c1-2-6-13-9(12)10-7-8-4-3-5-11-8/h2,8H,1,3-7H2,(H,10,12). The average Bonchev–Trinajstić information content (AvgIpc) is 2.64. The third kappa shape index (κ3) is 4.64. The number of hydrogen-bond acceptors (Lipinski definition) is 3. The van der Waals surface area contributed by atoms with Crippen molar-refractivity contribution in [2.45, 2.75) is 18.9 Å². The van der Waals surface area contributed by atoms with E-state index in [1.54, 1.807) is 11.8 Å². The minimum absolute atomic E-state index is 0.363. The Kier molecular flexibility index (Phi) is 5.43. The van der Waals surface area contributed by atoms with Gasteiger partial charge in [-0.15, -0.1) is 6.58 Å². The van der Waals surface area contributed by atoms with Gasteiger partial charge in [0.15, 0.2) is 0 Å². The quantitative estimate of drug-likeness (QED) is 0.574. The van der Waals surface area contributed by atoms with Crippen molar-refractivity contribution in [3.05, 3.63) is 12.7 Å². The second-order valence-electron chi connectivity index (χ2n) is 2.90. The van der Waals surface area contributed by atoms with Crippen molar-refractivity contribution >= 4 is 28.3 Å². The van der Waals surface area contributed by atoms with E-state index in [1.807, 2.05) is 6.08 Å². The monoisotopic (exact) mass is 217 g/mol. The summed E-state index contributed by atoms with van der Waals surface area (Å²) < 4.78 is 6.30. The molecule has 0 amide bonds. The molecule has 0 saturated carbocycles. The van der Waals surface area contributed by atoms with Crippen LogP contribution in [0.1, 0.15) is 12.8 Å². The van der Waals surface area contributed by atoms with Crippen LogP contribution in [0.5, 0.6) is 0 Å². The van der Waals surface area contributed by atoms with Crippen molar-refractivity contribution < 1.29 is 4.74 Å². The Bertz CT molecular complexity index is 178. The van der Waals surface area contributed by atoms with Gasteiger partial charge in [0.05, 0.1) is 6.10 Å². The van der Waals surface area contributed by atoms with Crippen LogP contribution >= 0.6 is 24.0 Å².